The van der Waals surface area contributed by atoms with Crippen LogP contribution in [0, 0.1) is 0 Å². The molecular formula is C9H8F5NOS. The predicted molar refractivity (Wildman–Crippen MR) is 51.8 cm³/mol. The minimum Gasteiger partial charge on any atom is -0.336 e. The number of hydrogen-bond acceptors (Lipinski definition) is 2. The Morgan fingerprint density at radius 3 is 2.35 bits per heavy atom. The third kappa shape index (κ3) is 2.93. The van der Waals surface area contributed by atoms with Gasteiger partial charge in [0.05, 0.1) is 0 Å². The second-order valence-corrected chi connectivity index (χ2v) is 4.14. The Balaban J connectivity index is 2.76. The van der Waals surface area contributed by atoms with E-state index in [-0.39, 0.29) is 6.54 Å². The largest absolute Gasteiger partial charge is 0.463 e. The third-order valence-corrected chi connectivity index (χ3v) is 2.70. The van der Waals surface area contributed by atoms with Crippen molar-refractivity contribution < 1.29 is 26.7 Å². The number of alkyl halides is 5. The highest BCUT2D eigenvalue weighted by Crippen LogP contribution is 2.36. The molecule has 1 aromatic rings. The van der Waals surface area contributed by atoms with Crippen molar-refractivity contribution in [2.75, 3.05) is 7.05 Å². The number of hydrogen-bond donors (Lipinski definition) is 0. The van der Waals surface area contributed by atoms with Gasteiger partial charge >= 0.3 is 18.0 Å². The SMILES string of the molecule is CN(Cc1ccsc1)C(=O)C(F)(F)C(F)(F)F. The Morgan fingerprint density at radius 2 is 1.94 bits per heavy atom. The van der Waals surface area contributed by atoms with Gasteiger partial charge in [-0.25, -0.2) is 0 Å². The molecule has 0 N–H and O–H groups in total. The van der Waals surface area contributed by atoms with Crippen molar-refractivity contribution in [3.63, 3.8) is 0 Å². The molecule has 2 nitrogen and oxygen atoms in total. The molecule has 0 aliphatic rings. The summed E-state index contributed by atoms with van der Waals surface area (Å²) in [7, 11) is 0.902. The van der Waals surface area contributed by atoms with E-state index in [0.717, 1.165) is 7.05 Å². The van der Waals surface area contributed by atoms with Crippen LogP contribution in [0.15, 0.2) is 16.8 Å². The van der Waals surface area contributed by atoms with Gasteiger partial charge in [-0.15, -0.1) is 0 Å². The summed E-state index contributed by atoms with van der Waals surface area (Å²) in [5, 5.41) is 3.20. The van der Waals surface area contributed by atoms with Crippen LogP contribution < -0.4 is 0 Å². The molecule has 0 saturated carbocycles. The van der Waals surface area contributed by atoms with Crippen LogP contribution in [0.1, 0.15) is 5.56 Å². The molecule has 17 heavy (non-hydrogen) atoms. The molecule has 0 atom stereocenters. The lowest BCUT2D eigenvalue weighted by molar-refractivity contribution is -0.274. The van der Waals surface area contributed by atoms with E-state index in [4.69, 9.17) is 0 Å². The molecule has 1 heterocycles. The van der Waals surface area contributed by atoms with Crippen LogP contribution in [0.4, 0.5) is 22.0 Å². The van der Waals surface area contributed by atoms with Crippen molar-refractivity contribution in [1.29, 1.82) is 0 Å². The Kier molecular flexibility index (Phi) is 3.75. The van der Waals surface area contributed by atoms with Gasteiger partial charge in [0.25, 0.3) is 0 Å². The zero-order chi connectivity index (χ0) is 13.3. The first-order chi connectivity index (χ1) is 7.66. The Bertz CT molecular complexity index is 387. The summed E-state index contributed by atoms with van der Waals surface area (Å²) in [4.78, 5) is 11.4. The highest BCUT2D eigenvalue weighted by Gasteiger charge is 2.64. The normalized spacial score (nSPS) is 12.6. The molecule has 0 unspecified atom stereocenters. The van der Waals surface area contributed by atoms with Gasteiger partial charge in [-0.05, 0) is 22.4 Å². The molecule has 0 spiro atoms. The van der Waals surface area contributed by atoms with Crippen LogP contribution in [0.5, 0.6) is 0 Å². The van der Waals surface area contributed by atoms with E-state index in [1.165, 1.54) is 11.3 Å². The van der Waals surface area contributed by atoms with Gasteiger partial charge in [0.2, 0.25) is 0 Å². The molecule has 0 fully saturated rings. The molecule has 8 heteroatoms. The van der Waals surface area contributed by atoms with Crippen molar-refractivity contribution in [2.24, 2.45) is 0 Å². The predicted octanol–water partition coefficient (Wildman–Crippen LogP) is 2.90. The molecule has 1 rings (SSSR count). The lowest BCUT2D eigenvalue weighted by Gasteiger charge is -2.24. The quantitative estimate of drug-likeness (QED) is 0.775. The molecule has 1 amide bonds. The standard InChI is InChI=1S/C9H8F5NOS/c1-15(4-6-2-3-17-5-6)7(16)8(10,11)9(12,13)14/h2-3,5H,4H2,1H3. The molecule has 96 valence electrons. The topological polar surface area (TPSA) is 20.3 Å². The second kappa shape index (κ2) is 4.59. The van der Waals surface area contributed by atoms with Crippen molar-refractivity contribution in [3.05, 3.63) is 22.4 Å². The molecule has 0 aliphatic carbocycles. The van der Waals surface area contributed by atoms with E-state index in [1.807, 2.05) is 0 Å². The van der Waals surface area contributed by atoms with E-state index in [2.05, 4.69) is 0 Å². The van der Waals surface area contributed by atoms with Gasteiger partial charge in [0.15, 0.2) is 0 Å². The monoisotopic (exact) mass is 273 g/mol. The van der Waals surface area contributed by atoms with Crippen molar-refractivity contribution >= 4 is 17.2 Å². The average Bonchev–Trinajstić information content (AvgIpc) is 2.67. The first-order valence-electron chi connectivity index (χ1n) is 4.37. The van der Waals surface area contributed by atoms with Gasteiger partial charge < -0.3 is 4.90 Å². The molecule has 0 saturated heterocycles. The van der Waals surface area contributed by atoms with Gasteiger partial charge in [-0.1, -0.05) is 0 Å². The first kappa shape index (κ1) is 13.9. The van der Waals surface area contributed by atoms with Crippen molar-refractivity contribution in [1.82, 2.24) is 4.90 Å². The lowest BCUT2D eigenvalue weighted by atomic mass is 10.2. The van der Waals surface area contributed by atoms with Gasteiger partial charge in [0, 0.05) is 13.6 Å². The van der Waals surface area contributed by atoms with Gasteiger partial charge in [-0.2, -0.15) is 33.3 Å². The highest BCUT2D eigenvalue weighted by molar-refractivity contribution is 7.07. The zero-order valence-corrected chi connectivity index (χ0v) is 9.41. The maximum absolute atomic E-state index is 12.7. The summed E-state index contributed by atoms with van der Waals surface area (Å²) in [6.45, 7) is -0.284. The highest BCUT2D eigenvalue weighted by atomic mass is 32.1. The Hall–Kier alpha value is -1.18. The van der Waals surface area contributed by atoms with E-state index in [9.17, 15) is 26.7 Å². The fourth-order valence-electron chi connectivity index (χ4n) is 1.09. The molecular weight excluding hydrogens is 265 g/mol. The first-order valence-corrected chi connectivity index (χ1v) is 5.31. The molecule has 0 aliphatic heterocycles. The second-order valence-electron chi connectivity index (χ2n) is 3.36. The van der Waals surface area contributed by atoms with Gasteiger partial charge in [-0.3, -0.25) is 4.79 Å². The number of carbonyl (C=O) groups excluding carboxylic acids is 1. The van der Waals surface area contributed by atoms with Crippen LogP contribution in [-0.4, -0.2) is 30.0 Å². The smallest absolute Gasteiger partial charge is 0.336 e. The fraction of sp³-hybridized carbons (Fsp3) is 0.444. The number of carbonyl (C=O) groups is 1. The van der Waals surface area contributed by atoms with Crippen molar-refractivity contribution in [2.45, 2.75) is 18.6 Å². The summed E-state index contributed by atoms with van der Waals surface area (Å²) in [5.74, 6) is -7.60. The number of nitrogens with zero attached hydrogens (tertiary/aromatic N) is 1. The van der Waals surface area contributed by atoms with Crippen LogP contribution in [-0.2, 0) is 11.3 Å². The van der Waals surface area contributed by atoms with Gasteiger partial charge in [0.1, 0.15) is 0 Å². The summed E-state index contributed by atoms with van der Waals surface area (Å²) in [6, 6.07) is 1.54. The fourth-order valence-corrected chi connectivity index (χ4v) is 1.75. The Labute approximate surface area is 97.6 Å². The number of rotatable bonds is 3. The molecule has 1 aromatic heterocycles. The minimum absolute atomic E-state index is 0.284. The Morgan fingerprint density at radius 1 is 1.35 bits per heavy atom. The van der Waals surface area contributed by atoms with E-state index >= 15 is 0 Å². The van der Waals surface area contributed by atoms with E-state index in [0.29, 0.717) is 10.5 Å². The molecule has 0 bridgehead atoms. The lowest BCUT2D eigenvalue weighted by Crippen LogP contribution is -2.50. The van der Waals surface area contributed by atoms with E-state index < -0.39 is 18.0 Å². The number of amides is 1. The maximum Gasteiger partial charge on any atom is 0.463 e. The summed E-state index contributed by atoms with van der Waals surface area (Å²) in [6.07, 6.45) is -5.87. The van der Waals surface area contributed by atoms with Crippen molar-refractivity contribution in [3.8, 4) is 0 Å². The van der Waals surface area contributed by atoms with Crippen LogP contribution in [0.25, 0.3) is 0 Å². The molecule has 0 radical (unpaired) electrons. The summed E-state index contributed by atoms with van der Waals surface area (Å²) >= 11 is 1.26. The number of thiophene rings is 1. The van der Waals surface area contributed by atoms with Crippen LogP contribution in [0.2, 0.25) is 0 Å². The minimum atomic E-state index is -5.87. The van der Waals surface area contributed by atoms with Crippen LogP contribution >= 0.6 is 11.3 Å². The zero-order valence-electron chi connectivity index (χ0n) is 8.59. The average molecular weight is 273 g/mol. The summed E-state index contributed by atoms with van der Waals surface area (Å²) in [5.41, 5.74) is 0.504. The summed E-state index contributed by atoms with van der Waals surface area (Å²) < 4.78 is 61.2. The van der Waals surface area contributed by atoms with E-state index in [1.54, 1.807) is 16.8 Å². The number of halogens is 5. The molecule has 0 aromatic carbocycles. The maximum atomic E-state index is 12.7. The van der Waals surface area contributed by atoms with Crippen LogP contribution in [0.3, 0.4) is 0 Å². The third-order valence-electron chi connectivity index (χ3n) is 1.97.